The maximum atomic E-state index is 13.5. The Hall–Kier alpha value is -2.02. The van der Waals surface area contributed by atoms with E-state index < -0.39 is 29.2 Å². The van der Waals surface area contributed by atoms with Gasteiger partial charge in [-0.25, -0.2) is 8.78 Å². The van der Waals surface area contributed by atoms with Crippen LogP contribution in [0.3, 0.4) is 0 Å². The molecule has 5 nitrogen and oxygen atoms in total. The van der Waals surface area contributed by atoms with Gasteiger partial charge in [-0.3, -0.25) is 9.59 Å². The fourth-order valence-corrected chi connectivity index (χ4v) is 2.40. The molecule has 2 rings (SSSR count). The Morgan fingerprint density at radius 2 is 2.00 bits per heavy atom. The van der Waals surface area contributed by atoms with Gasteiger partial charge < -0.3 is 15.3 Å². The summed E-state index contributed by atoms with van der Waals surface area (Å²) in [7, 11) is 0. The maximum Gasteiger partial charge on any atom is 0.239 e. The van der Waals surface area contributed by atoms with Crippen molar-refractivity contribution in [3.63, 3.8) is 0 Å². The van der Waals surface area contributed by atoms with Gasteiger partial charge in [0, 0.05) is 19.5 Å². The quantitative estimate of drug-likeness (QED) is 0.856. The number of carbonyl (C=O) groups is 2. The zero-order valence-corrected chi connectivity index (χ0v) is 12.0. The third-order valence-corrected chi connectivity index (χ3v) is 3.58. The first kappa shape index (κ1) is 16.4. The number of rotatable bonds is 5. The fraction of sp³-hybridized carbons (Fsp3) is 0.467. The van der Waals surface area contributed by atoms with Crippen molar-refractivity contribution in [2.75, 3.05) is 19.6 Å². The third kappa shape index (κ3) is 4.00. The van der Waals surface area contributed by atoms with E-state index in [9.17, 15) is 23.5 Å². The highest BCUT2D eigenvalue weighted by atomic mass is 19.1. The Morgan fingerprint density at radius 1 is 1.32 bits per heavy atom. The molecule has 7 heteroatoms. The van der Waals surface area contributed by atoms with Crippen LogP contribution in [-0.2, 0) is 9.59 Å². The Labute approximate surface area is 126 Å². The van der Waals surface area contributed by atoms with E-state index in [2.05, 4.69) is 5.32 Å². The van der Waals surface area contributed by atoms with Crippen LogP contribution in [0.15, 0.2) is 18.2 Å². The van der Waals surface area contributed by atoms with Crippen LogP contribution in [0.2, 0.25) is 0 Å². The summed E-state index contributed by atoms with van der Waals surface area (Å²) >= 11 is 0. The van der Waals surface area contributed by atoms with E-state index in [0.717, 1.165) is 25.0 Å². The minimum absolute atomic E-state index is 0.0814. The van der Waals surface area contributed by atoms with Crippen molar-refractivity contribution in [3.8, 4) is 0 Å². The summed E-state index contributed by atoms with van der Waals surface area (Å²) in [6, 6.07) is 3.27. The van der Waals surface area contributed by atoms with E-state index in [4.69, 9.17) is 0 Å². The summed E-state index contributed by atoms with van der Waals surface area (Å²) < 4.78 is 27.0. The molecular formula is C15H18F2N2O3. The summed E-state index contributed by atoms with van der Waals surface area (Å²) in [5, 5.41) is 12.2. The van der Waals surface area contributed by atoms with Crippen molar-refractivity contribution in [1.82, 2.24) is 10.2 Å². The third-order valence-electron chi connectivity index (χ3n) is 3.58. The van der Waals surface area contributed by atoms with Crippen molar-refractivity contribution >= 4 is 11.8 Å². The lowest BCUT2D eigenvalue weighted by Crippen LogP contribution is -2.43. The monoisotopic (exact) mass is 312 g/mol. The average molecular weight is 312 g/mol. The second kappa shape index (κ2) is 7.31. The highest BCUT2D eigenvalue weighted by Gasteiger charge is 2.22. The largest absolute Gasteiger partial charge is 0.386 e. The number of hydrogen-bond donors (Lipinski definition) is 2. The zero-order chi connectivity index (χ0) is 16.1. The lowest BCUT2D eigenvalue weighted by molar-refractivity contribution is -0.137. The van der Waals surface area contributed by atoms with Crippen LogP contribution in [0.5, 0.6) is 0 Å². The summed E-state index contributed by atoms with van der Waals surface area (Å²) in [4.78, 5) is 24.8. The topological polar surface area (TPSA) is 69.6 Å². The molecule has 0 bridgehead atoms. The maximum absolute atomic E-state index is 13.5. The second-order valence-corrected chi connectivity index (χ2v) is 5.23. The molecule has 1 saturated heterocycles. The number of carbonyl (C=O) groups excluding carboxylic acids is 2. The van der Waals surface area contributed by atoms with Crippen LogP contribution in [0, 0.1) is 11.6 Å². The smallest absolute Gasteiger partial charge is 0.239 e. The van der Waals surface area contributed by atoms with Crippen molar-refractivity contribution in [2.24, 2.45) is 0 Å². The van der Waals surface area contributed by atoms with E-state index in [0.29, 0.717) is 13.0 Å². The lowest BCUT2D eigenvalue weighted by atomic mass is 10.1. The van der Waals surface area contributed by atoms with E-state index in [-0.39, 0.29) is 19.0 Å². The highest BCUT2D eigenvalue weighted by Crippen LogP contribution is 2.19. The highest BCUT2D eigenvalue weighted by molar-refractivity contribution is 5.85. The van der Waals surface area contributed by atoms with Crippen LogP contribution < -0.4 is 5.32 Å². The van der Waals surface area contributed by atoms with Crippen LogP contribution in [0.25, 0.3) is 0 Å². The summed E-state index contributed by atoms with van der Waals surface area (Å²) in [6.45, 7) is 0.0980. The van der Waals surface area contributed by atoms with Crippen LogP contribution >= 0.6 is 0 Å². The normalized spacial score (nSPS) is 16.5. The molecule has 1 aliphatic rings. The van der Waals surface area contributed by atoms with E-state index in [1.165, 1.54) is 11.0 Å². The average Bonchev–Trinajstić information content (AvgIpc) is 2.47. The van der Waals surface area contributed by atoms with Crippen molar-refractivity contribution in [1.29, 1.82) is 0 Å². The van der Waals surface area contributed by atoms with Crippen molar-refractivity contribution < 1.29 is 23.5 Å². The molecule has 0 radical (unpaired) electrons. The first-order chi connectivity index (χ1) is 10.5. The Kier molecular flexibility index (Phi) is 5.43. The number of aliphatic hydroxyl groups excluding tert-OH is 1. The number of halogens is 2. The molecule has 22 heavy (non-hydrogen) atoms. The number of nitrogens with zero attached hydrogens (tertiary/aromatic N) is 1. The number of amides is 2. The van der Waals surface area contributed by atoms with Crippen LogP contribution in [-0.4, -0.2) is 41.5 Å². The molecule has 1 aliphatic heterocycles. The molecule has 1 aromatic carbocycles. The number of nitrogens with one attached hydrogen (secondary N) is 1. The second-order valence-electron chi connectivity index (χ2n) is 5.23. The van der Waals surface area contributed by atoms with Gasteiger partial charge in [-0.1, -0.05) is 6.07 Å². The van der Waals surface area contributed by atoms with Gasteiger partial charge in [-0.05, 0) is 25.0 Å². The fourth-order valence-electron chi connectivity index (χ4n) is 2.40. The molecule has 1 unspecified atom stereocenters. The zero-order valence-electron chi connectivity index (χ0n) is 12.0. The summed E-state index contributed by atoms with van der Waals surface area (Å²) in [5.41, 5.74) is -0.475. The molecule has 1 aromatic rings. The molecule has 2 N–H and O–H groups in total. The van der Waals surface area contributed by atoms with Gasteiger partial charge in [0.05, 0.1) is 12.1 Å². The standard InChI is InChI=1S/C15H18F2N2O3/c16-10-4-3-5-11(17)15(10)12(20)8-18-13(21)9-19-7-2-1-6-14(19)22/h3-5,12,20H,1-2,6-9H2,(H,18,21). The van der Waals surface area contributed by atoms with Crippen LogP contribution in [0.4, 0.5) is 8.78 Å². The van der Waals surface area contributed by atoms with Crippen molar-refractivity contribution in [3.05, 3.63) is 35.4 Å². The van der Waals surface area contributed by atoms with E-state index in [1.54, 1.807) is 0 Å². The first-order valence-corrected chi connectivity index (χ1v) is 7.15. The number of piperidine rings is 1. The molecule has 1 fully saturated rings. The number of benzene rings is 1. The van der Waals surface area contributed by atoms with E-state index >= 15 is 0 Å². The number of aliphatic hydroxyl groups is 1. The van der Waals surface area contributed by atoms with Gasteiger partial charge in [0.15, 0.2) is 0 Å². The van der Waals surface area contributed by atoms with Gasteiger partial charge in [-0.15, -0.1) is 0 Å². The molecule has 1 heterocycles. The molecule has 0 aromatic heterocycles. The molecular weight excluding hydrogens is 294 g/mol. The predicted octanol–water partition coefficient (Wildman–Crippen LogP) is 1.13. The molecule has 120 valence electrons. The molecule has 2 amide bonds. The van der Waals surface area contributed by atoms with Gasteiger partial charge in [0.25, 0.3) is 0 Å². The molecule has 0 aliphatic carbocycles. The van der Waals surface area contributed by atoms with Crippen LogP contribution in [0.1, 0.15) is 30.9 Å². The van der Waals surface area contributed by atoms with Gasteiger partial charge in [0.2, 0.25) is 11.8 Å². The Bertz CT molecular complexity index is 545. The molecule has 0 saturated carbocycles. The Morgan fingerprint density at radius 3 is 2.64 bits per heavy atom. The van der Waals surface area contributed by atoms with Gasteiger partial charge >= 0.3 is 0 Å². The first-order valence-electron chi connectivity index (χ1n) is 7.15. The minimum atomic E-state index is -1.48. The van der Waals surface area contributed by atoms with Crippen molar-refractivity contribution in [2.45, 2.75) is 25.4 Å². The minimum Gasteiger partial charge on any atom is -0.386 e. The number of hydrogen-bond acceptors (Lipinski definition) is 3. The van der Waals surface area contributed by atoms with Gasteiger partial charge in [-0.2, -0.15) is 0 Å². The SMILES string of the molecule is O=C(CN1CCCCC1=O)NCC(O)c1c(F)cccc1F. The predicted molar refractivity (Wildman–Crippen MR) is 74.8 cm³/mol. The molecule has 1 atom stereocenters. The Balaban J connectivity index is 1.86. The summed E-state index contributed by atoms with van der Waals surface area (Å²) in [6.07, 6.45) is 0.614. The number of likely N-dealkylation sites (tertiary alicyclic amines) is 1. The van der Waals surface area contributed by atoms with E-state index in [1.807, 2.05) is 0 Å². The summed E-state index contributed by atoms with van der Waals surface area (Å²) in [5.74, 6) is -2.28. The lowest BCUT2D eigenvalue weighted by Gasteiger charge is -2.26. The molecule has 0 spiro atoms. The van der Waals surface area contributed by atoms with Gasteiger partial charge in [0.1, 0.15) is 17.7 Å².